The Morgan fingerprint density at radius 3 is 2.53 bits per heavy atom. The lowest BCUT2D eigenvalue weighted by Gasteiger charge is -2.17. The van der Waals surface area contributed by atoms with Gasteiger partial charge < -0.3 is 15.5 Å². The molecule has 0 aromatic heterocycles. The van der Waals surface area contributed by atoms with Crippen LogP contribution in [0.5, 0.6) is 0 Å². The molecule has 0 aliphatic rings. The van der Waals surface area contributed by atoms with Gasteiger partial charge in [0.25, 0.3) is 0 Å². The molecule has 1 amide bonds. The van der Waals surface area contributed by atoms with E-state index in [1.807, 2.05) is 14.1 Å². The Morgan fingerprint density at radius 1 is 1.33 bits per heavy atom. The first-order valence-electron chi connectivity index (χ1n) is 5.70. The Morgan fingerprint density at radius 2 is 2.00 bits per heavy atom. The van der Waals surface area contributed by atoms with Gasteiger partial charge in [0.15, 0.2) is 0 Å². The molecule has 0 rings (SSSR count). The molecule has 0 saturated heterocycles. The van der Waals surface area contributed by atoms with Gasteiger partial charge in [-0.2, -0.15) is 0 Å². The average Bonchev–Trinajstić information content (AvgIpc) is 2.17. The summed E-state index contributed by atoms with van der Waals surface area (Å²) in [5.74, 6) is 0.222. The van der Waals surface area contributed by atoms with Crippen LogP contribution in [0.25, 0.3) is 0 Å². The number of rotatable bonds is 8. The van der Waals surface area contributed by atoms with Gasteiger partial charge in [-0.15, -0.1) is 0 Å². The quantitative estimate of drug-likeness (QED) is 0.578. The summed E-state index contributed by atoms with van der Waals surface area (Å²) < 4.78 is 0. The van der Waals surface area contributed by atoms with Crippen LogP contribution in [0.15, 0.2) is 0 Å². The summed E-state index contributed by atoms with van der Waals surface area (Å²) in [6.07, 6.45) is 1.60. The maximum Gasteiger partial charge on any atom is 0.223 e. The van der Waals surface area contributed by atoms with Crippen molar-refractivity contribution in [3.63, 3.8) is 0 Å². The summed E-state index contributed by atoms with van der Waals surface area (Å²) in [5.41, 5.74) is 0. The van der Waals surface area contributed by atoms with Crippen molar-refractivity contribution in [1.82, 2.24) is 15.5 Å². The van der Waals surface area contributed by atoms with E-state index in [0.717, 1.165) is 26.1 Å². The molecule has 0 radical (unpaired) electrons. The van der Waals surface area contributed by atoms with Gasteiger partial charge in [0, 0.05) is 32.6 Å². The third kappa shape index (κ3) is 8.39. The molecule has 0 spiro atoms. The van der Waals surface area contributed by atoms with E-state index in [1.165, 1.54) is 0 Å². The van der Waals surface area contributed by atoms with Crippen LogP contribution < -0.4 is 10.6 Å². The van der Waals surface area contributed by atoms with E-state index >= 15 is 0 Å². The Hall–Kier alpha value is -0.610. The molecule has 0 bridgehead atoms. The molecule has 0 saturated carbocycles. The molecule has 0 aliphatic heterocycles. The zero-order valence-electron chi connectivity index (χ0n) is 10.5. The number of hydrogen-bond donors (Lipinski definition) is 2. The van der Waals surface area contributed by atoms with Gasteiger partial charge in [-0.05, 0) is 20.0 Å². The van der Waals surface area contributed by atoms with E-state index in [1.54, 1.807) is 4.90 Å². The van der Waals surface area contributed by atoms with Crippen LogP contribution >= 0.6 is 0 Å². The number of carbonyl (C=O) groups is 1. The summed E-state index contributed by atoms with van der Waals surface area (Å²) in [6, 6.07) is 0.451. The van der Waals surface area contributed by atoms with Gasteiger partial charge in [-0.25, -0.2) is 0 Å². The van der Waals surface area contributed by atoms with Crippen molar-refractivity contribution >= 4 is 5.91 Å². The first-order chi connectivity index (χ1) is 7.07. The Bertz CT molecular complexity index is 171. The Labute approximate surface area is 93.4 Å². The third-order valence-corrected chi connectivity index (χ3v) is 2.24. The van der Waals surface area contributed by atoms with Gasteiger partial charge in [0.05, 0.1) is 0 Å². The normalized spacial score (nSPS) is 10.7. The molecule has 0 atom stereocenters. The highest BCUT2D eigenvalue weighted by Crippen LogP contribution is 1.92. The Balaban J connectivity index is 3.51. The predicted octanol–water partition coefficient (Wildman–Crippen LogP) is 0.442. The number of nitrogens with zero attached hydrogens (tertiary/aromatic N) is 1. The van der Waals surface area contributed by atoms with E-state index in [9.17, 15) is 4.79 Å². The number of nitrogens with one attached hydrogen (secondary N) is 2. The zero-order chi connectivity index (χ0) is 11.7. The number of hydrogen-bond acceptors (Lipinski definition) is 3. The smallest absolute Gasteiger partial charge is 0.223 e. The minimum Gasteiger partial charge on any atom is -0.346 e. The fourth-order valence-corrected chi connectivity index (χ4v) is 1.28. The van der Waals surface area contributed by atoms with Crippen LogP contribution in [0.1, 0.15) is 26.7 Å². The molecular weight excluding hydrogens is 190 g/mol. The maximum absolute atomic E-state index is 11.6. The van der Waals surface area contributed by atoms with Crippen molar-refractivity contribution in [2.24, 2.45) is 0 Å². The van der Waals surface area contributed by atoms with Gasteiger partial charge >= 0.3 is 0 Å². The van der Waals surface area contributed by atoms with Crippen molar-refractivity contribution in [3.8, 4) is 0 Å². The fourth-order valence-electron chi connectivity index (χ4n) is 1.28. The van der Waals surface area contributed by atoms with Crippen LogP contribution in [0.2, 0.25) is 0 Å². The third-order valence-electron chi connectivity index (χ3n) is 2.24. The molecule has 90 valence electrons. The van der Waals surface area contributed by atoms with Crippen LogP contribution in [0, 0.1) is 0 Å². The SMILES string of the molecule is CNCCCN(C)C(=O)CCNC(C)C. The average molecular weight is 215 g/mol. The second-order valence-electron chi connectivity index (χ2n) is 4.13. The summed E-state index contributed by atoms with van der Waals surface area (Å²) >= 11 is 0. The highest BCUT2D eigenvalue weighted by molar-refractivity contribution is 5.76. The summed E-state index contributed by atoms with van der Waals surface area (Å²) in [4.78, 5) is 13.4. The molecule has 0 fully saturated rings. The predicted molar refractivity (Wildman–Crippen MR) is 63.9 cm³/mol. The Kier molecular flexibility index (Phi) is 8.33. The molecule has 2 N–H and O–H groups in total. The molecule has 15 heavy (non-hydrogen) atoms. The molecule has 4 heteroatoms. The standard InChI is InChI=1S/C11H25N3O/c1-10(2)13-8-6-11(15)14(4)9-5-7-12-3/h10,12-13H,5-9H2,1-4H3. The zero-order valence-corrected chi connectivity index (χ0v) is 10.5. The van der Waals surface area contributed by atoms with Crippen molar-refractivity contribution in [3.05, 3.63) is 0 Å². The number of carbonyl (C=O) groups excluding carboxylic acids is 1. The van der Waals surface area contributed by atoms with Crippen LogP contribution in [0.3, 0.4) is 0 Å². The molecule has 0 aliphatic carbocycles. The van der Waals surface area contributed by atoms with Crippen molar-refractivity contribution in [2.75, 3.05) is 33.7 Å². The minimum absolute atomic E-state index is 0.222. The largest absolute Gasteiger partial charge is 0.346 e. The van der Waals surface area contributed by atoms with Crippen molar-refractivity contribution < 1.29 is 4.79 Å². The van der Waals surface area contributed by atoms with Crippen molar-refractivity contribution in [1.29, 1.82) is 0 Å². The van der Waals surface area contributed by atoms with Crippen LogP contribution in [-0.4, -0.2) is 50.6 Å². The summed E-state index contributed by atoms with van der Waals surface area (Å²) in [7, 11) is 3.79. The first kappa shape index (κ1) is 14.4. The van der Waals surface area contributed by atoms with E-state index in [4.69, 9.17) is 0 Å². The summed E-state index contributed by atoms with van der Waals surface area (Å²) in [6.45, 7) is 6.73. The molecule has 0 aromatic rings. The van der Waals surface area contributed by atoms with E-state index in [-0.39, 0.29) is 5.91 Å². The first-order valence-corrected chi connectivity index (χ1v) is 5.70. The lowest BCUT2D eigenvalue weighted by atomic mass is 10.3. The fraction of sp³-hybridized carbons (Fsp3) is 0.909. The van der Waals surface area contributed by atoms with E-state index in [0.29, 0.717) is 12.5 Å². The molecule has 0 heterocycles. The maximum atomic E-state index is 11.6. The lowest BCUT2D eigenvalue weighted by Crippen LogP contribution is -2.33. The second kappa shape index (κ2) is 8.68. The number of amides is 1. The highest BCUT2D eigenvalue weighted by Gasteiger charge is 2.07. The topological polar surface area (TPSA) is 44.4 Å². The minimum atomic E-state index is 0.222. The van der Waals surface area contributed by atoms with E-state index < -0.39 is 0 Å². The highest BCUT2D eigenvalue weighted by atomic mass is 16.2. The second-order valence-corrected chi connectivity index (χ2v) is 4.13. The molecule has 0 unspecified atom stereocenters. The van der Waals surface area contributed by atoms with Gasteiger partial charge in [-0.1, -0.05) is 13.8 Å². The molecule has 0 aromatic carbocycles. The van der Waals surface area contributed by atoms with Gasteiger partial charge in [-0.3, -0.25) is 4.79 Å². The monoisotopic (exact) mass is 215 g/mol. The van der Waals surface area contributed by atoms with Gasteiger partial charge in [0.2, 0.25) is 5.91 Å². The van der Waals surface area contributed by atoms with E-state index in [2.05, 4.69) is 24.5 Å². The lowest BCUT2D eigenvalue weighted by molar-refractivity contribution is -0.129. The summed E-state index contributed by atoms with van der Waals surface area (Å²) in [5, 5.41) is 6.31. The molecule has 4 nitrogen and oxygen atoms in total. The van der Waals surface area contributed by atoms with Gasteiger partial charge in [0.1, 0.15) is 0 Å². The van der Waals surface area contributed by atoms with Crippen LogP contribution in [0.4, 0.5) is 0 Å². The van der Waals surface area contributed by atoms with Crippen molar-refractivity contribution in [2.45, 2.75) is 32.7 Å². The molecular formula is C11H25N3O. The van der Waals surface area contributed by atoms with Crippen LogP contribution in [-0.2, 0) is 4.79 Å².